The molecule has 20 heavy (non-hydrogen) atoms. The fourth-order valence-electron chi connectivity index (χ4n) is 2.39. The molecule has 1 aromatic rings. The Balaban J connectivity index is 1.90. The van der Waals surface area contributed by atoms with Crippen molar-refractivity contribution in [3.8, 4) is 0 Å². The van der Waals surface area contributed by atoms with E-state index < -0.39 is 11.6 Å². The van der Waals surface area contributed by atoms with Crippen LogP contribution in [0.25, 0.3) is 0 Å². The number of halogens is 2. The predicted molar refractivity (Wildman–Crippen MR) is 71.0 cm³/mol. The molecule has 5 heteroatoms. The van der Waals surface area contributed by atoms with E-state index in [2.05, 4.69) is 0 Å². The van der Waals surface area contributed by atoms with Gasteiger partial charge in [0.2, 0.25) is 5.91 Å². The highest BCUT2D eigenvalue weighted by molar-refractivity contribution is 5.75. The van der Waals surface area contributed by atoms with Crippen LogP contribution in [0.15, 0.2) is 18.2 Å². The molecule has 0 radical (unpaired) electrons. The molecule has 1 aliphatic rings. The van der Waals surface area contributed by atoms with E-state index in [9.17, 15) is 13.6 Å². The third-order valence-electron chi connectivity index (χ3n) is 3.54. The maximum Gasteiger partial charge on any atom is 0.222 e. The standard InChI is InChI=1S/C15H19F2NO2/c1-2-14(19)18-8-4-6-12(9-18)20-10-11-5-3-7-13(16)15(11)17/h3,5,7,12H,2,4,6,8-10H2,1H3. The molecule has 1 atom stereocenters. The van der Waals surface area contributed by atoms with Gasteiger partial charge < -0.3 is 9.64 Å². The summed E-state index contributed by atoms with van der Waals surface area (Å²) in [7, 11) is 0. The van der Waals surface area contributed by atoms with Crippen LogP contribution in [0.1, 0.15) is 31.7 Å². The van der Waals surface area contributed by atoms with E-state index in [0.717, 1.165) is 25.5 Å². The zero-order chi connectivity index (χ0) is 14.5. The molecule has 2 rings (SSSR count). The van der Waals surface area contributed by atoms with Gasteiger partial charge in [0, 0.05) is 25.1 Å². The minimum atomic E-state index is -0.863. The molecule has 3 nitrogen and oxygen atoms in total. The van der Waals surface area contributed by atoms with Crippen LogP contribution < -0.4 is 0 Å². The number of amides is 1. The molecule has 1 aromatic carbocycles. The maximum absolute atomic E-state index is 13.5. The third kappa shape index (κ3) is 3.54. The Labute approximate surface area is 117 Å². The fraction of sp³-hybridized carbons (Fsp3) is 0.533. The highest BCUT2D eigenvalue weighted by atomic mass is 19.2. The Morgan fingerprint density at radius 1 is 1.45 bits per heavy atom. The summed E-state index contributed by atoms with van der Waals surface area (Å²) in [6.07, 6.45) is 2.08. The van der Waals surface area contributed by atoms with Crippen LogP contribution in [-0.2, 0) is 16.1 Å². The first-order chi connectivity index (χ1) is 9.61. The van der Waals surface area contributed by atoms with Gasteiger partial charge in [-0.1, -0.05) is 19.1 Å². The lowest BCUT2D eigenvalue weighted by atomic mass is 10.1. The molecule has 0 spiro atoms. The van der Waals surface area contributed by atoms with Crippen molar-refractivity contribution >= 4 is 5.91 Å². The van der Waals surface area contributed by atoms with E-state index >= 15 is 0 Å². The number of hydrogen-bond donors (Lipinski definition) is 0. The second kappa shape index (κ2) is 6.79. The molecular weight excluding hydrogens is 264 g/mol. The van der Waals surface area contributed by atoms with Crippen LogP contribution in [-0.4, -0.2) is 30.0 Å². The number of ether oxygens (including phenoxy) is 1. The Bertz CT molecular complexity index is 479. The first kappa shape index (κ1) is 14.9. The first-order valence-corrected chi connectivity index (χ1v) is 6.94. The largest absolute Gasteiger partial charge is 0.372 e. The molecule has 0 aliphatic carbocycles. The summed E-state index contributed by atoms with van der Waals surface area (Å²) < 4.78 is 32.2. The minimum absolute atomic E-state index is 0.0302. The molecular formula is C15H19F2NO2. The van der Waals surface area contributed by atoms with E-state index in [1.54, 1.807) is 4.90 Å². The summed E-state index contributed by atoms with van der Waals surface area (Å²) in [6, 6.07) is 4.06. The smallest absolute Gasteiger partial charge is 0.222 e. The molecule has 0 N–H and O–H groups in total. The quantitative estimate of drug-likeness (QED) is 0.850. The van der Waals surface area contributed by atoms with Crippen molar-refractivity contribution in [1.82, 2.24) is 4.90 Å². The summed E-state index contributed by atoms with van der Waals surface area (Å²) >= 11 is 0. The van der Waals surface area contributed by atoms with E-state index in [-0.39, 0.29) is 24.2 Å². The molecule has 1 amide bonds. The van der Waals surface area contributed by atoms with E-state index in [1.165, 1.54) is 12.1 Å². The lowest BCUT2D eigenvalue weighted by Gasteiger charge is -2.32. The monoisotopic (exact) mass is 283 g/mol. The topological polar surface area (TPSA) is 29.5 Å². The van der Waals surface area contributed by atoms with Gasteiger partial charge in [-0.3, -0.25) is 4.79 Å². The highest BCUT2D eigenvalue weighted by Crippen LogP contribution is 2.18. The number of hydrogen-bond acceptors (Lipinski definition) is 2. The number of nitrogens with zero attached hydrogens (tertiary/aromatic N) is 1. The van der Waals surface area contributed by atoms with Gasteiger partial charge in [0.1, 0.15) is 0 Å². The summed E-state index contributed by atoms with van der Waals surface area (Å²) in [6.45, 7) is 3.14. The van der Waals surface area contributed by atoms with E-state index in [4.69, 9.17) is 4.74 Å². The van der Waals surface area contributed by atoms with Gasteiger partial charge in [0.15, 0.2) is 11.6 Å². The number of carbonyl (C=O) groups excluding carboxylic acids is 1. The number of carbonyl (C=O) groups is 1. The van der Waals surface area contributed by atoms with Crippen molar-refractivity contribution in [2.24, 2.45) is 0 Å². The molecule has 1 aliphatic heterocycles. The van der Waals surface area contributed by atoms with Gasteiger partial charge in [-0.2, -0.15) is 0 Å². The molecule has 1 heterocycles. The van der Waals surface area contributed by atoms with Crippen LogP contribution in [0, 0.1) is 11.6 Å². The average Bonchev–Trinajstić information content (AvgIpc) is 2.48. The fourth-order valence-corrected chi connectivity index (χ4v) is 2.39. The lowest BCUT2D eigenvalue weighted by molar-refractivity contribution is -0.135. The van der Waals surface area contributed by atoms with Crippen molar-refractivity contribution in [1.29, 1.82) is 0 Å². The lowest BCUT2D eigenvalue weighted by Crippen LogP contribution is -2.42. The van der Waals surface area contributed by atoms with Crippen molar-refractivity contribution < 1.29 is 18.3 Å². The number of likely N-dealkylation sites (tertiary alicyclic amines) is 1. The van der Waals surface area contributed by atoms with Crippen LogP contribution >= 0.6 is 0 Å². The predicted octanol–water partition coefficient (Wildman–Crippen LogP) is 2.88. The van der Waals surface area contributed by atoms with Gasteiger partial charge in [0.25, 0.3) is 0 Å². The molecule has 110 valence electrons. The maximum atomic E-state index is 13.5. The number of benzene rings is 1. The normalized spacial score (nSPS) is 19.1. The highest BCUT2D eigenvalue weighted by Gasteiger charge is 2.23. The van der Waals surface area contributed by atoms with Gasteiger partial charge >= 0.3 is 0 Å². The van der Waals surface area contributed by atoms with Gasteiger partial charge in [-0.15, -0.1) is 0 Å². The van der Waals surface area contributed by atoms with Gasteiger partial charge in [-0.05, 0) is 18.9 Å². The molecule has 1 fully saturated rings. The summed E-state index contributed by atoms with van der Waals surface area (Å²) in [4.78, 5) is 13.4. The molecule has 0 bridgehead atoms. The van der Waals surface area contributed by atoms with Crippen LogP contribution in [0.2, 0.25) is 0 Å². The van der Waals surface area contributed by atoms with E-state index in [1.807, 2.05) is 6.92 Å². The Morgan fingerprint density at radius 3 is 3.00 bits per heavy atom. The summed E-state index contributed by atoms with van der Waals surface area (Å²) in [5, 5.41) is 0. The molecule has 0 aromatic heterocycles. The Kier molecular flexibility index (Phi) is 5.06. The molecule has 0 saturated carbocycles. The second-order valence-corrected chi connectivity index (χ2v) is 4.98. The van der Waals surface area contributed by atoms with Crippen LogP contribution in [0.3, 0.4) is 0 Å². The van der Waals surface area contributed by atoms with Crippen molar-refractivity contribution in [3.05, 3.63) is 35.4 Å². The Hall–Kier alpha value is -1.49. The van der Waals surface area contributed by atoms with Crippen LogP contribution in [0.5, 0.6) is 0 Å². The van der Waals surface area contributed by atoms with Gasteiger partial charge in [-0.25, -0.2) is 8.78 Å². The van der Waals surface area contributed by atoms with Crippen LogP contribution in [0.4, 0.5) is 8.78 Å². The number of piperidine rings is 1. The first-order valence-electron chi connectivity index (χ1n) is 6.94. The number of rotatable bonds is 4. The minimum Gasteiger partial charge on any atom is -0.372 e. The second-order valence-electron chi connectivity index (χ2n) is 4.98. The zero-order valence-corrected chi connectivity index (χ0v) is 11.6. The van der Waals surface area contributed by atoms with Crippen molar-refractivity contribution in [2.45, 2.75) is 38.9 Å². The van der Waals surface area contributed by atoms with Crippen molar-refractivity contribution in [3.63, 3.8) is 0 Å². The molecule has 1 saturated heterocycles. The zero-order valence-electron chi connectivity index (χ0n) is 11.6. The summed E-state index contributed by atoms with van der Waals surface area (Å²) in [5.41, 5.74) is 0.212. The van der Waals surface area contributed by atoms with Gasteiger partial charge in [0.05, 0.1) is 12.7 Å². The third-order valence-corrected chi connectivity index (χ3v) is 3.54. The summed E-state index contributed by atoms with van der Waals surface area (Å²) in [5.74, 6) is -1.61. The Morgan fingerprint density at radius 2 is 2.25 bits per heavy atom. The molecule has 1 unspecified atom stereocenters. The van der Waals surface area contributed by atoms with Crippen molar-refractivity contribution in [2.75, 3.05) is 13.1 Å². The SMILES string of the molecule is CCC(=O)N1CCCC(OCc2cccc(F)c2F)C1. The van der Waals surface area contributed by atoms with E-state index in [0.29, 0.717) is 13.0 Å². The average molecular weight is 283 g/mol.